The second kappa shape index (κ2) is 13.3. The van der Waals surface area contributed by atoms with Crippen LogP contribution in [-0.2, 0) is 13.8 Å². The van der Waals surface area contributed by atoms with Gasteiger partial charge in [0.1, 0.15) is 14.5 Å². The summed E-state index contributed by atoms with van der Waals surface area (Å²) in [5.41, 5.74) is 0. The first kappa shape index (κ1) is 25.1. The van der Waals surface area contributed by atoms with Crippen LogP contribution in [0.1, 0.15) is 54.9 Å². The van der Waals surface area contributed by atoms with E-state index in [1.807, 2.05) is 20.8 Å². The molecule has 0 rings (SSSR count). The Morgan fingerprint density at radius 1 is 1.16 bits per heavy atom. The lowest BCUT2D eigenvalue weighted by molar-refractivity contribution is -0.0396. The normalized spacial score (nSPS) is 18.2. The van der Waals surface area contributed by atoms with Crippen LogP contribution in [0.15, 0.2) is 0 Å². The highest BCUT2D eigenvalue weighted by Crippen LogP contribution is 2.47. The van der Waals surface area contributed by atoms with Gasteiger partial charge in [-0.3, -0.25) is 0 Å². The molecule has 0 saturated carbocycles. The van der Waals surface area contributed by atoms with Crippen molar-refractivity contribution in [3.8, 4) is 0 Å². The van der Waals surface area contributed by atoms with Crippen LogP contribution in [0.3, 0.4) is 0 Å². The van der Waals surface area contributed by atoms with Gasteiger partial charge in [0.05, 0.1) is 12.2 Å². The Bertz CT molecular complexity index is 389. The monoisotopic (exact) mass is 390 g/mol. The van der Waals surface area contributed by atoms with E-state index in [-0.39, 0.29) is 29.7 Å². The van der Waals surface area contributed by atoms with Gasteiger partial charge in [0.25, 0.3) is 8.53 Å². The molecule has 0 aliphatic carbocycles. The van der Waals surface area contributed by atoms with E-state index in [9.17, 15) is 0 Å². The van der Waals surface area contributed by atoms with Crippen molar-refractivity contribution in [2.45, 2.75) is 90.6 Å². The Morgan fingerprint density at radius 3 is 2.12 bits per heavy atom. The van der Waals surface area contributed by atoms with Crippen molar-refractivity contribution >= 4 is 28.0 Å². The average molecular weight is 391 g/mol. The van der Waals surface area contributed by atoms with Gasteiger partial charge in [-0.15, -0.1) is 11.6 Å². The van der Waals surface area contributed by atoms with Gasteiger partial charge in [-0.25, -0.2) is 11.2 Å². The number of hydrogen-bond donors (Lipinski definition) is 0. The molecule has 0 aromatic carbocycles. The smallest absolute Gasteiger partial charge is 0.259 e. The molecule has 0 aromatic rings. The minimum Gasteiger partial charge on any atom is -0.381 e. The third-order valence-electron chi connectivity index (χ3n) is 3.62. The van der Waals surface area contributed by atoms with E-state index in [1.54, 1.807) is 0 Å². The predicted molar refractivity (Wildman–Crippen MR) is 107 cm³/mol. The molecule has 0 aliphatic heterocycles. The molecular weight excluding hydrogens is 357 g/mol. The predicted octanol–water partition coefficient (Wildman–Crippen LogP) is 4.59. The van der Waals surface area contributed by atoms with E-state index < -0.39 is 14.5 Å². The lowest BCUT2D eigenvalue weighted by Gasteiger charge is -2.38. The van der Waals surface area contributed by atoms with Crippen molar-refractivity contribution in [3.05, 3.63) is 11.4 Å². The molecule has 144 valence electrons. The van der Waals surface area contributed by atoms with E-state index in [4.69, 9.17) is 39.8 Å². The van der Waals surface area contributed by atoms with Crippen LogP contribution >= 0.6 is 20.1 Å². The zero-order valence-corrected chi connectivity index (χ0v) is 18.3. The summed E-state index contributed by atoms with van der Waals surface area (Å²) in [4.78, 5) is 3.35. The number of nitrogens with zero attached hydrogens (tertiary/aromatic N) is 2. The molecule has 0 spiro atoms. The molecule has 0 N–H and O–H groups in total. The van der Waals surface area contributed by atoms with E-state index in [2.05, 4.69) is 37.2 Å². The summed E-state index contributed by atoms with van der Waals surface area (Å²) >= 11 is 6.01. The second-order valence-corrected chi connectivity index (χ2v) is 8.65. The van der Waals surface area contributed by atoms with Gasteiger partial charge in [0.2, 0.25) is 6.54 Å². The molecule has 5 atom stereocenters. The highest BCUT2D eigenvalue weighted by Gasteiger charge is 2.32. The first-order valence-electron chi connectivity index (χ1n) is 8.91. The quantitative estimate of drug-likeness (QED) is 0.151. The Hall–Kier alpha value is 0.115. The zero-order valence-electron chi connectivity index (χ0n) is 16.6. The number of ether oxygens (including phenoxy) is 1. The van der Waals surface area contributed by atoms with Crippen molar-refractivity contribution in [1.82, 2.24) is 4.67 Å². The second-order valence-electron chi connectivity index (χ2n) is 6.56. The minimum atomic E-state index is -1.30. The molecule has 0 fully saturated rings. The number of hydrogen-bond acceptors (Lipinski definition) is 4. The van der Waals surface area contributed by atoms with Crippen molar-refractivity contribution in [3.63, 3.8) is 0 Å². The van der Waals surface area contributed by atoms with E-state index >= 15 is 0 Å². The SMILES string of the molecule is [B]C(O[C@H](CC)[C@H](C)OP(OCC[N+]#[C-])N(C(C)C)C(C)C)[C@@H](C)Cl. The number of halogens is 1. The number of rotatable bonds is 13. The topological polar surface area (TPSA) is 35.3 Å². The van der Waals surface area contributed by atoms with Crippen LogP contribution in [0.5, 0.6) is 0 Å². The third kappa shape index (κ3) is 9.56. The van der Waals surface area contributed by atoms with Gasteiger partial charge >= 0.3 is 0 Å². The molecular formula is C17H33BClN2O3P. The molecule has 0 aliphatic rings. The van der Waals surface area contributed by atoms with Gasteiger partial charge < -0.3 is 18.6 Å². The summed E-state index contributed by atoms with van der Waals surface area (Å²) in [6.45, 7) is 21.9. The summed E-state index contributed by atoms with van der Waals surface area (Å²) < 4.78 is 20.2. The first-order valence-corrected chi connectivity index (χ1v) is 10.5. The van der Waals surface area contributed by atoms with E-state index in [0.717, 1.165) is 6.42 Å². The zero-order chi connectivity index (χ0) is 19.6. The standard InChI is InChI=1S/C17H33BClN2O3P/c1-9-16(23-17(18)14(6)19)15(7)24-25(22-11-10-20-8)21(12(2)3)13(4)5/h12-17H,9-11H2,1-7H3/t14-,15+,16-,17?,25?/m1/s1. The van der Waals surface area contributed by atoms with E-state index in [1.165, 1.54) is 0 Å². The summed E-state index contributed by atoms with van der Waals surface area (Å²) in [6.07, 6.45) is 0.380. The van der Waals surface area contributed by atoms with Gasteiger partial charge in [-0.2, -0.15) is 0 Å². The molecule has 0 aromatic heterocycles. The van der Waals surface area contributed by atoms with Gasteiger partial charge in [0.15, 0.2) is 0 Å². The van der Waals surface area contributed by atoms with Crippen molar-refractivity contribution in [2.24, 2.45) is 0 Å². The molecule has 0 bridgehead atoms. The summed E-state index contributed by atoms with van der Waals surface area (Å²) in [5.74, 6) is 0. The van der Waals surface area contributed by atoms with Crippen LogP contribution < -0.4 is 0 Å². The van der Waals surface area contributed by atoms with Gasteiger partial charge in [-0.05, 0) is 48.0 Å². The Labute approximate surface area is 161 Å². The minimum absolute atomic E-state index is 0.174. The van der Waals surface area contributed by atoms with Crippen molar-refractivity contribution in [2.75, 3.05) is 13.2 Å². The van der Waals surface area contributed by atoms with Crippen molar-refractivity contribution in [1.29, 1.82) is 0 Å². The fraction of sp³-hybridized carbons (Fsp3) is 0.941. The molecule has 25 heavy (non-hydrogen) atoms. The lowest BCUT2D eigenvalue weighted by atomic mass is 9.96. The van der Waals surface area contributed by atoms with Crippen LogP contribution in [0.25, 0.3) is 4.85 Å². The molecule has 2 unspecified atom stereocenters. The summed E-state index contributed by atoms with van der Waals surface area (Å²) in [6, 6.07) is -0.0204. The first-order chi connectivity index (χ1) is 11.6. The maximum atomic E-state index is 6.93. The molecule has 8 heteroatoms. The maximum absolute atomic E-state index is 6.93. The van der Waals surface area contributed by atoms with Crippen LogP contribution in [0.2, 0.25) is 0 Å². The Kier molecular flexibility index (Phi) is 13.4. The Morgan fingerprint density at radius 2 is 1.72 bits per heavy atom. The highest BCUT2D eigenvalue weighted by molar-refractivity contribution is 7.44. The number of alkyl halides is 1. The molecule has 5 nitrogen and oxygen atoms in total. The Balaban J connectivity index is 5.08. The largest absolute Gasteiger partial charge is 0.381 e. The molecule has 0 saturated heterocycles. The van der Waals surface area contributed by atoms with Crippen LogP contribution in [0.4, 0.5) is 0 Å². The van der Waals surface area contributed by atoms with Crippen molar-refractivity contribution < 1.29 is 13.8 Å². The average Bonchev–Trinajstić information content (AvgIpc) is 2.51. The molecule has 0 heterocycles. The van der Waals surface area contributed by atoms with Crippen LogP contribution in [-0.4, -0.2) is 61.3 Å². The van der Waals surface area contributed by atoms with Gasteiger partial charge in [-0.1, -0.05) is 6.92 Å². The molecule has 0 amide bonds. The van der Waals surface area contributed by atoms with Gasteiger partial charge in [0, 0.05) is 23.5 Å². The summed E-state index contributed by atoms with van der Waals surface area (Å²) in [7, 11) is 4.64. The van der Waals surface area contributed by atoms with Crippen LogP contribution in [0, 0.1) is 6.57 Å². The fourth-order valence-electron chi connectivity index (χ4n) is 2.35. The third-order valence-corrected chi connectivity index (χ3v) is 6.08. The summed E-state index contributed by atoms with van der Waals surface area (Å²) in [5, 5.41) is -0.277. The van der Waals surface area contributed by atoms with E-state index in [0.29, 0.717) is 13.2 Å². The maximum Gasteiger partial charge on any atom is 0.259 e. The lowest BCUT2D eigenvalue weighted by Crippen LogP contribution is -2.38. The highest BCUT2D eigenvalue weighted by atomic mass is 35.5. The fourth-order valence-corrected chi connectivity index (χ4v) is 4.12. The molecule has 2 radical (unpaired) electrons.